The van der Waals surface area contributed by atoms with Crippen molar-refractivity contribution in [3.8, 4) is 0 Å². The quantitative estimate of drug-likeness (QED) is 0.394. The van der Waals surface area contributed by atoms with Crippen LogP contribution in [0.3, 0.4) is 0 Å². The normalized spacial score (nSPS) is 38.9. The number of cyclic esters (lactones) is 1. The van der Waals surface area contributed by atoms with Gasteiger partial charge in [-0.15, -0.1) is 0 Å². The molecule has 7 atom stereocenters. The standard InChI is InChI=1S/C27H32O8/c1-25(2)20(19(29)24(32)33-5)27(4)16-6-8-26(3)17(14(16)10-15(21(25)30)22(27)31)11-18(28)35-23(26)13-7-9-34-12-13/h7,9,12,15-16,19-20,23,29H,6,8,10-11H2,1-5H3/t15-,16+,19-,20-,23-,26+,27+/m0/s1. The van der Waals surface area contributed by atoms with E-state index in [0.717, 1.165) is 16.7 Å². The van der Waals surface area contributed by atoms with Gasteiger partial charge in [0, 0.05) is 27.7 Å². The minimum atomic E-state index is -1.62. The SMILES string of the molecule is COC(=O)[C@@H](O)[C@H]1C(C)(C)C(=O)[C@@H]2CC3=C4CC(=O)O[C@@H](c5ccoc5)[C@]4(C)CC[C@H]3[C@@]1(C)C2=O. The molecular formula is C27H32O8. The number of ketones is 2. The fourth-order valence-corrected chi connectivity index (χ4v) is 7.96. The van der Waals surface area contributed by atoms with Gasteiger partial charge in [0.05, 0.1) is 32.0 Å². The van der Waals surface area contributed by atoms with E-state index in [2.05, 4.69) is 6.92 Å². The Balaban J connectivity index is 1.70. The number of allylic oxidation sites excluding steroid dienone is 1. The summed E-state index contributed by atoms with van der Waals surface area (Å²) >= 11 is 0. The van der Waals surface area contributed by atoms with Gasteiger partial charge >= 0.3 is 11.9 Å². The number of fused-ring (bicyclic) bond motifs is 5. The second-order valence-corrected chi connectivity index (χ2v) is 11.6. The van der Waals surface area contributed by atoms with Crippen LogP contribution in [0.5, 0.6) is 0 Å². The molecule has 8 heteroatoms. The van der Waals surface area contributed by atoms with Gasteiger partial charge in [0.2, 0.25) is 0 Å². The van der Waals surface area contributed by atoms with Crippen molar-refractivity contribution < 1.29 is 38.2 Å². The fraction of sp³-hybridized carbons (Fsp3) is 0.630. The predicted molar refractivity (Wildman–Crippen MR) is 122 cm³/mol. The van der Waals surface area contributed by atoms with Crippen molar-refractivity contribution in [1.29, 1.82) is 0 Å². The number of hydrogen-bond acceptors (Lipinski definition) is 8. The lowest BCUT2D eigenvalue weighted by molar-refractivity contribution is -0.185. The summed E-state index contributed by atoms with van der Waals surface area (Å²) in [5.74, 6) is -3.85. The smallest absolute Gasteiger partial charge is 0.335 e. The number of carbonyl (C=O) groups is 4. The summed E-state index contributed by atoms with van der Waals surface area (Å²) in [5, 5.41) is 11.1. The molecule has 4 aliphatic rings. The van der Waals surface area contributed by atoms with E-state index in [9.17, 15) is 24.3 Å². The first-order valence-electron chi connectivity index (χ1n) is 12.2. The molecule has 1 aromatic rings. The third-order valence-electron chi connectivity index (χ3n) is 9.57. The van der Waals surface area contributed by atoms with Gasteiger partial charge in [-0.25, -0.2) is 4.79 Å². The van der Waals surface area contributed by atoms with Crippen molar-refractivity contribution in [3.63, 3.8) is 0 Å². The molecule has 1 N–H and O–H groups in total. The number of rotatable bonds is 3. The minimum absolute atomic E-state index is 0.0927. The molecule has 188 valence electrons. The Morgan fingerprint density at radius 1 is 1.17 bits per heavy atom. The number of aliphatic hydroxyl groups excluding tert-OH is 1. The Labute approximate surface area is 204 Å². The summed E-state index contributed by atoms with van der Waals surface area (Å²) in [7, 11) is 1.18. The maximum atomic E-state index is 13.9. The second-order valence-electron chi connectivity index (χ2n) is 11.6. The van der Waals surface area contributed by atoms with Crippen LogP contribution in [0.2, 0.25) is 0 Å². The van der Waals surface area contributed by atoms with E-state index in [1.165, 1.54) is 7.11 Å². The molecule has 1 aromatic heterocycles. The lowest BCUT2D eigenvalue weighted by Crippen LogP contribution is -2.67. The van der Waals surface area contributed by atoms with Gasteiger partial charge < -0.3 is 19.0 Å². The molecule has 0 spiro atoms. The Morgan fingerprint density at radius 2 is 1.89 bits per heavy atom. The number of hydrogen-bond donors (Lipinski definition) is 1. The summed E-state index contributed by atoms with van der Waals surface area (Å²) in [6.45, 7) is 7.27. The van der Waals surface area contributed by atoms with E-state index in [4.69, 9.17) is 13.9 Å². The van der Waals surface area contributed by atoms with Crippen molar-refractivity contribution in [1.82, 2.24) is 0 Å². The third-order valence-corrected chi connectivity index (χ3v) is 9.57. The number of Topliss-reactive ketones (excluding diaryl/α,β-unsaturated/α-hetero) is 2. The van der Waals surface area contributed by atoms with Gasteiger partial charge in [-0.3, -0.25) is 14.4 Å². The van der Waals surface area contributed by atoms with Crippen molar-refractivity contribution >= 4 is 23.5 Å². The maximum Gasteiger partial charge on any atom is 0.335 e. The molecule has 0 radical (unpaired) electrons. The van der Waals surface area contributed by atoms with Crippen LogP contribution < -0.4 is 0 Å². The third kappa shape index (κ3) is 3.01. The minimum Gasteiger partial charge on any atom is -0.472 e. The molecular weight excluding hydrogens is 452 g/mol. The van der Waals surface area contributed by atoms with Crippen LogP contribution in [-0.2, 0) is 28.7 Å². The molecule has 8 nitrogen and oxygen atoms in total. The van der Waals surface area contributed by atoms with Crippen LogP contribution in [0.15, 0.2) is 34.2 Å². The van der Waals surface area contributed by atoms with Crippen molar-refractivity contribution in [3.05, 3.63) is 35.3 Å². The predicted octanol–water partition coefficient (Wildman–Crippen LogP) is 3.33. The average molecular weight is 485 g/mol. The highest BCUT2D eigenvalue weighted by Gasteiger charge is 2.69. The lowest BCUT2D eigenvalue weighted by atomic mass is 9.40. The fourth-order valence-electron chi connectivity index (χ4n) is 7.96. The van der Waals surface area contributed by atoms with E-state index in [1.54, 1.807) is 39.4 Å². The maximum absolute atomic E-state index is 13.9. The Morgan fingerprint density at radius 3 is 2.51 bits per heavy atom. The summed E-state index contributed by atoms with van der Waals surface area (Å²) in [5.41, 5.74) is -0.163. The second kappa shape index (κ2) is 7.63. The highest BCUT2D eigenvalue weighted by Crippen LogP contribution is 2.66. The number of carbonyl (C=O) groups excluding carboxylic acids is 4. The topological polar surface area (TPSA) is 120 Å². The van der Waals surface area contributed by atoms with E-state index < -0.39 is 46.3 Å². The van der Waals surface area contributed by atoms with Crippen LogP contribution >= 0.6 is 0 Å². The number of ether oxygens (including phenoxy) is 2. The molecule has 1 saturated heterocycles. The zero-order valence-corrected chi connectivity index (χ0v) is 20.8. The van der Waals surface area contributed by atoms with Crippen LogP contribution in [-0.4, -0.2) is 41.8 Å². The van der Waals surface area contributed by atoms with Crippen LogP contribution in [0.25, 0.3) is 0 Å². The van der Waals surface area contributed by atoms with Crippen LogP contribution in [0, 0.1) is 34.0 Å². The molecule has 1 aliphatic heterocycles. The first kappa shape index (κ1) is 24.0. The van der Waals surface area contributed by atoms with Gasteiger partial charge in [-0.2, -0.15) is 0 Å². The molecule has 0 aromatic carbocycles. The Hall–Kier alpha value is -2.74. The van der Waals surface area contributed by atoms with Gasteiger partial charge in [0.25, 0.3) is 0 Å². The highest BCUT2D eigenvalue weighted by molar-refractivity contribution is 6.11. The molecule has 5 rings (SSSR count). The average Bonchev–Trinajstić information content (AvgIpc) is 3.34. The summed E-state index contributed by atoms with van der Waals surface area (Å²) in [6, 6.07) is 1.79. The van der Waals surface area contributed by atoms with E-state index in [1.807, 2.05) is 0 Å². The zero-order valence-electron chi connectivity index (χ0n) is 20.8. The van der Waals surface area contributed by atoms with Crippen molar-refractivity contribution in [2.75, 3.05) is 7.11 Å². The van der Waals surface area contributed by atoms with Crippen LogP contribution in [0.1, 0.15) is 65.0 Å². The molecule has 3 fully saturated rings. The van der Waals surface area contributed by atoms with Crippen molar-refractivity contribution in [2.45, 2.75) is 65.6 Å². The van der Waals surface area contributed by atoms with E-state index >= 15 is 0 Å². The van der Waals surface area contributed by atoms with Gasteiger partial charge in [0.1, 0.15) is 11.9 Å². The number of furan rings is 1. The van der Waals surface area contributed by atoms with Crippen molar-refractivity contribution in [2.24, 2.45) is 34.0 Å². The van der Waals surface area contributed by atoms with E-state index in [-0.39, 0.29) is 36.3 Å². The van der Waals surface area contributed by atoms with Crippen LogP contribution in [0.4, 0.5) is 0 Å². The first-order chi connectivity index (χ1) is 16.4. The molecule has 2 heterocycles. The lowest BCUT2D eigenvalue weighted by Gasteiger charge is -2.61. The molecule has 35 heavy (non-hydrogen) atoms. The molecule has 0 unspecified atom stereocenters. The van der Waals surface area contributed by atoms with Gasteiger partial charge in [-0.05, 0) is 36.8 Å². The highest BCUT2D eigenvalue weighted by atomic mass is 16.5. The van der Waals surface area contributed by atoms with Gasteiger partial charge in [0.15, 0.2) is 11.9 Å². The first-order valence-corrected chi connectivity index (χ1v) is 12.2. The summed E-state index contributed by atoms with van der Waals surface area (Å²) < 4.78 is 15.9. The molecule has 2 saturated carbocycles. The molecule has 3 aliphatic carbocycles. The molecule has 2 bridgehead atoms. The van der Waals surface area contributed by atoms with Gasteiger partial charge in [-0.1, -0.05) is 33.3 Å². The molecule has 0 amide bonds. The zero-order chi connectivity index (χ0) is 25.5. The monoisotopic (exact) mass is 484 g/mol. The van der Waals surface area contributed by atoms with E-state index in [0.29, 0.717) is 12.8 Å². The number of methoxy groups -OCH3 is 1. The summed E-state index contributed by atoms with van der Waals surface area (Å²) in [4.78, 5) is 52.8. The Kier molecular flexibility index (Phi) is 5.23. The Bertz CT molecular complexity index is 1140. The largest absolute Gasteiger partial charge is 0.472 e. The number of aliphatic hydroxyl groups is 1. The number of esters is 2. The summed E-state index contributed by atoms with van der Waals surface area (Å²) in [6.07, 6.45) is 2.57.